The number of β-amino-alcohol motifs (C(OH)–C–C–N with tert-alkyl or cyclic N) is 1. The Morgan fingerprint density at radius 2 is 2.05 bits per heavy atom. The van der Waals surface area contributed by atoms with Crippen LogP contribution in [0.25, 0.3) is 0 Å². The zero-order chi connectivity index (χ0) is 13.9. The van der Waals surface area contributed by atoms with Gasteiger partial charge >= 0.3 is 0 Å². The molecule has 0 aromatic heterocycles. The summed E-state index contributed by atoms with van der Waals surface area (Å²) in [5.74, 6) is 0. The fraction of sp³-hybridized carbons (Fsp3) is 0.625. The molecule has 0 spiro atoms. The highest BCUT2D eigenvalue weighted by Crippen LogP contribution is 2.30. The summed E-state index contributed by atoms with van der Waals surface area (Å²) < 4.78 is 6.00. The van der Waals surface area contributed by atoms with E-state index < -0.39 is 0 Å². The van der Waals surface area contributed by atoms with E-state index in [-0.39, 0.29) is 17.7 Å². The number of ether oxygens (including phenoxy) is 1. The Morgan fingerprint density at radius 3 is 2.68 bits per heavy atom. The van der Waals surface area contributed by atoms with Crippen LogP contribution in [-0.4, -0.2) is 41.3 Å². The van der Waals surface area contributed by atoms with Crippen LogP contribution in [-0.2, 0) is 4.74 Å². The number of morpholine rings is 1. The fourth-order valence-corrected chi connectivity index (χ4v) is 2.47. The van der Waals surface area contributed by atoms with E-state index in [1.165, 1.54) is 5.56 Å². The zero-order valence-electron chi connectivity index (χ0n) is 12.2. The molecule has 1 aliphatic heterocycles. The van der Waals surface area contributed by atoms with Crippen molar-refractivity contribution in [1.29, 1.82) is 0 Å². The quantitative estimate of drug-likeness (QED) is 0.906. The van der Waals surface area contributed by atoms with Crippen LogP contribution in [0.4, 0.5) is 0 Å². The lowest BCUT2D eigenvalue weighted by atomic mass is 9.97. The summed E-state index contributed by atoms with van der Waals surface area (Å²) in [7, 11) is 0. The monoisotopic (exact) mass is 263 g/mol. The van der Waals surface area contributed by atoms with Gasteiger partial charge in [-0.25, -0.2) is 0 Å². The lowest BCUT2D eigenvalue weighted by Gasteiger charge is -2.46. The second-order valence-electron chi connectivity index (χ2n) is 5.99. The molecule has 19 heavy (non-hydrogen) atoms. The Bertz CT molecular complexity index is 391. The first-order valence-corrected chi connectivity index (χ1v) is 7.12. The molecule has 0 aliphatic carbocycles. The van der Waals surface area contributed by atoms with E-state index in [0.29, 0.717) is 6.61 Å². The van der Waals surface area contributed by atoms with Gasteiger partial charge in [0.05, 0.1) is 18.8 Å². The lowest BCUT2D eigenvalue weighted by molar-refractivity contribution is -0.111. The number of benzene rings is 1. The lowest BCUT2D eigenvalue weighted by Crippen LogP contribution is -2.55. The van der Waals surface area contributed by atoms with Gasteiger partial charge in [0.1, 0.15) is 0 Å². The van der Waals surface area contributed by atoms with Gasteiger partial charge in [0.15, 0.2) is 0 Å². The third-order valence-electron chi connectivity index (χ3n) is 3.95. The maximum Gasteiger partial charge on any atom is 0.0952 e. The predicted molar refractivity (Wildman–Crippen MR) is 77.1 cm³/mol. The zero-order valence-corrected chi connectivity index (χ0v) is 12.2. The highest BCUT2D eigenvalue weighted by atomic mass is 16.5. The maximum absolute atomic E-state index is 9.92. The standard InChI is InChI=1S/C16H25NO2/c1-4-14(18)10-17-11-15(19-12-16(17,2)3)13-8-6-5-7-9-13/h5-9,14-15,18H,4,10-12H2,1-3H3. The SMILES string of the molecule is CCC(O)CN1CC(c2ccccc2)OCC1(C)C. The summed E-state index contributed by atoms with van der Waals surface area (Å²) in [6.07, 6.45) is 0.649. The highest BCUT2D eigenvalue weighted by molar-refractivity contribution is 5.18. The molecule has 1 N–H and O–H groups in total. The average Bonchev–Trinajstić information content (AvgIpc) is 2.42. The molecule has 1 aliphatic rings. The maximum atomic E-state index is 9.92. The van der Waals surface area contributed by atoms with E-state index in [4.69, 9.17) is 4.74 Å². The van der Waals surface area contributed by atoms with E-state index in [2.05, 4.69) is 30.9 Å². The normalized spacial score (nSPS) is 25.2. The largest absolute Gasteiger partial charge is 0.392 e. The van der Waals surface area contributed by atoms with E-state index in [1.54, 1.807) is 0 Å². The van der Waals surface area contributed by atoms with Gasteiger partial charge in [-0.3, -0.25) is 4.90 Å². The molecule has 3 nitrogen and oxygen atoms in total. The van der Waals surface area contributed by atoms with Crippen LogP contribution in [0.5, 0.6) is 0 Å². The van der Waals surface area contributed by atoms with E-state index >= 15 is 0 Å². The second kappa shape index (κ2) is 6.04. The number of hydrogen-bond donors (Lipinski definition) is 1. The van der Waals surface area contributed by atoms with Crippen molar-refractivity contribution in [2.75, 3.05) is 19.7 Å². The topological polar surface area (TPSA) is 32.7 Å². The van der Waals surface area contributed by atoms with Crippen LogP contribution < -0.4 is 0 Å². The Morgan fingerprint density at radius 1 is 1.37 bits per heavy atom. The van der Waals surface area contributed by atoms with Gasteiger partial charge in [-0.2, -0.15) is 0 Å². The number of hydrogen-bond acceptors (Lipinski definition) is 3. The predicted octanol–water partition coefficient (Wildman–Crippen LogP) is 2.61. The van der Waals surface area contributed by atoms with Crippen molar-refractivity contribution in [1.82, 2.24) is 4.90 Å². The molecule has 1 heterocycles. The van der Waals surface area contributed by atoms with Crippen LogP contribution in [0.1, 0.15) is 38.9 Å². The minimum absolute atomic E-state index is 0.0125. The van der Waals surface area contributed by atoms with Crippen LogP contribution in [0.15, 0.2) is 30.3 Å². The summed E-state index contributed by atoms with van der Waals surface area (Å²) in [4.78, 5) is 2.35. The number of aliphatic hydroxyl groups is 1. The third kappa shape index (κ3) is 3.56. The second-order valence-corrected chi connectivity index (χ2v) is 5.99. The summed E-state index contributed by atoms with van der Waals surface area (Å²) >= 11 is 0. The molecule has 1 aromatic carbocycles. The molecular formula is C16H25NO2. The van der Waals surface area contributed by atoms with Crippen LogP contribution in [0.2, 0.25) is 0 Å². The van der Waals surface area contributed by atoms with Crippen molar-refractivity contribution >= 4 is 0 Å². The van der Waals surface area contributed by atoms with E-state index in [1.807, 2.05) is 25.1 Å². The van der Waals surface area contributed by atoms with E-state index in [9.17, 15) is 5.11 Å². The van der Waals surface area contributed by atoms with Gasteiger partial charge in [0.2, 0.25) is 0 Å². The molecular weight excluding hydrogens is 238 g/mol. The highest BCUT2D eigenvalue weighted by Gasteiger charge is 2.36. The molecule has 3 heteroatoms. The van der Waals surface area contributed by atoms with Crippen LogP contribution >= 0.6 is 0 Å². The molecule has 0 amide bonds. The molecule has 2 atom stereocenters. The molecule has 1 saturated heterocycles. The first kappa shape index (κ1) is 14.5. The van der Waals surface area contributed by atoms with E-state index in [0.717, 1.165) is 19.5 Å². The summed E-state index contributed by atoms with van der Waals surface area (Å²) in [5, 5.41) is 9.92. The summed E-state index contributed by atoms with van der Waals surface area (Å²) in [6.45, 7) is 8.63. The fourth-order valence-electron chi connectivity index (χ4n) is 2.47. The smallest absolute Gasteiger partial charge is 0.0952 e. The molecule has 1 fully saturated rings. The average molecular weight is 263 g/mol. The van der Waals surface area contributed by atoms with Crippen molar-refractivity contribution in [3.05, 3.63) is 35.9 Å². The van der Waals surface area contributed by atoms with Crippen LogP contribution in [0, 0.1) is 0 Å². The van der Waals surface area contributed by atoms with Gasteiger partial charge in [0, 0.05) is 18.6 Å². The molecule has 106 valence electrons. The Hall–Kier alpha value is -0.900. The van der Waals surface area contributed by atoms with Crippen molar-refractivity contribution < 1.29 is 9.84 Å². The number of rotatable bonds is 4. The number of nitrogens with zero attached hydrogens (tertiary/aromatic N) is 1. The summed E-state index contributed by atoms with van der Waals surface area (Å²) in [5.41, 5.74) is 1.20. The van der Waals surface area contributed by atoms with Gasteiger partial charge in [-0.05, 0) is 25.8 Å². The third-order valence-corrected chi connectivity index (χ3v) is 3.95. The minimum atomic E-state index is -0.256. The van der Waals surface area contributed by atoms with Crippen LogP contribution in [0.3, 0.4) is 0 Å². The Balaban J connectivity index is 2.08. The van der Waals surface area contributed by atoms with Gasteiger partial charge in [0.25, 0.3) is 0 Å². The van der Waals surface area contributed by atoms with Crippen molar-refractivity contribution in [2.24, 2.45) is 0 Å². The van der Waals surface area contributed by atoms with Gasteiger partial charge < -0.3 is 9.84 Å². The first-order valence-electron chi connectivity index (χ1n) is 7.12. The Labute approximate surface area is 116 Å². The van der Waals surface area contributed by atoms with Crippen molar-refractivity contribution in [3.8, 4) is 0 Å². The first-order chi connectivity index (χ1) is 9.03. The van der Waals surface area contributed by atoms with Gasteiger partial charge in [-0.15, -0.1) is 0 Å². The minimum Gasteiger partial charge on any atom is -0.392 e. The van der Waals surface area contributed by atoms with Crippen molar-refractivity contribution in [2.45, 2.75) is 44.9 Å². The molecule has 0 bridgehead atoms. The molecule has 2 unspecified atom stereocenters. The summed E-state index contributed by atoms with van der Waals surface area (Å²) in [6, 6.07) is 10.3. The van der Waals surface area contributed by atoms with Crippen molar-refractivity contribution in [3.63, 3.8) is 0 Å². The van der Waals surface area contributed by atoms with Gasteiger partial charge in [-0.1, -0.05) is 37.3 Å². The molecule has 1 aromatic rings. The molecule has 2 rings (SSSR count). The molecule has 0 radical (unpaired) electrons. The molecule has 0 saturated carbocycles. The Kier molecular flexibility index (Phi) is 4.61. The number of aliphatic hydroxyl groups excluding tert-OH is 1.